The number of hydrogen-bond acceptors (Lipinski definition) is 5. The molecule has 2 aromatic carbocycles. The molecule has 3 aromatic rings. The van der Waals surface area contributed by atoms with Gasteiger partial charge in [-0.2, -0.15) is 26.3 Å². The molecule has 0 atom stereocenters. The van der Waals surface area contributed by atoms with E-state index in [1.807, 2.05) is 0 Å². The highest BCUT2D eigenvalue weighted by molar-refractivity contribution is 7.92. The van der Waals surface area contributed by atoms with Crippen LogP contribution in [0.4, 0.5) is 26.3 Å². The molecule has 1 heterocycles. The first kappa shape index (κ1) is 26.3. The van der Waals surface area contributed by atoms with Crippen molar-refractivity contribution >= 4 is 21.3 Å². The first-order valence-electron chi connectivity index (χ1n) is 10.6. The van der Waals surface area contributed by atoms with Crippen LogP contribution in [0.15, 0.2) is 60.1 Å². The summed E-state index contributed by atoms with van der Waals surface area (Å²) in [6, 6.07) is 6.02. The molecule has 194 valence electrons. The Labute approximate surface area is 206 Å². The average molecular weight is 541 g/mol. The molecule has 1 saturated carbocycles. The number of alkyl halides is 6. The second kappa shape index (κ2) is 8.98. The van der Waals surface area contributed by atoms with Gasteiger partial charge >= 0.3 is 12.4 Å². The third kappa shape index (κ3) is 5.36. The zero-order valence-corrected chi connectivity index (χ0v) is 19.5. The predicted molar refractivity (Wildman–Crippen MR) is 121 cm³/mol. The lowest BCUT2D eigenvalue weighted by molar-refractivity contribution is -0.143. The van der Waals surface area contributed by atoms with Crippen molar-refractivity contribution in [1.29, 1.82) is 0 Å². The number of rotatable bonds is 6. The molecule has 1 aromatic heterocycles. The molecule has 6 nitrogen and oxygen atoms in total. The average Bonchev–Trinajstić information content (AvgIpc) is 3.68. The smallest absolute Gasteiger partial charge is 0.366 e. The fourth-order valence-corrected chi connectivity index (χ4v) is 5.44. The fraction of sp³-hybridized carbons (Fsp3) is 0.208. The van der Waals surface area contributed by atoms with Gasteiger partial charge in [-0.05, 0) is 54.8 Å². The number of nitrogens with zero attached hydrogens (tertiary/aromatic N) is 2. The molecular weight excluding hydrogens is 524 g/mol. The number of benzene rings is 2. The summed E-state index contributed by atoms with van der Waals surface area (Å²) in [6.07, 6.45) is -8.23. The van der Waals surface area contributed by atoms with Crippen LogP contribution in [0.2, 0.25) is 0 Å². The SMILES string of the molecule is C=C(C(N)=O)c1ccc(S(=O)(=O)C2CC2)c(-c2ccnc(-c3cc(C(F)(F)F)cc(C(F)(F)F)c3)n2)c1. The van der Waals surface area contributed by atoms with Gasteiger partial charge in [0, 0.05) is 22.9 Å². The fourth-order valence-electron chi connectivity index (χ4n) is 3.60. The lowest BCUT2D eigenvalue weighted by atomic mass is 10.0. The van der Waals surface area contributed by atoms with E-state index in [9.17, 15) is 39.6 Å². The molecular formula is C24H17F6N3O3S. The molecule has 13 heteroatoms. The lowest BCUT2D eigenvalue weighted by Gasteiger charge is -2.15. The van der Waals surface area contributed by atoms with Crippen molar-refractivity contribution in [1.82, 2.24) is 9.97 Å². The van der Waals surface area contributed by atoms with Crippen molar-refractivity contribution in [2.75, 3.05) is 0 Å². The molecule has 1 amide bonds. The topological polar surface area (TPSA) is 103 Å². The van der Waals surface area contributed by atoms with Gasteiger partial charge in [0.25, 0.3) is 0 Å². The van der Waals surface area contributed by atoms with Crippen LogP contribution in [-0.2, 0) is 27.0 Å². The first-order valence-corrected chi connectivity index (χ1v) is 12.1. The number of amides is 1. The van der Waals surface area contributed by atoms with E-state index in [-0.39, 0.29) is 33.4 Å². The molecule has 0 radical (unpaired) electrons. The summed E-state index contributed by atoms with van der Waals surface area (Å²) in [4.78, 5) is 19.4. The maximum absolute atomic E-state index is 13.3. The summed E-state index contributed by atoms with van der Waals surface area (Å²) < 4.78 is 106. The third-order valence-corrected chi connectivity index (χ3v) is 7.99. The van der Waals surface area contributed by atoms with Crippen molar-refractivity contribution in [2.45, 2.75) is 35.3 Å². The van der Waals surface area contributed by atoms with Crippen molar-refractivity contribution in [3.8, 4) is 22.6 Å². The minimum absolute atomic E-state index is 0.0212. The van der Waals surface area contributed by atoms with Gasteiger partial charge in [0.1, 0.15) is 0 Å². The Balaban J connectivity index is 1.92. The molecule has 1 aliphatic carbocycles. The largest absolute Gasteiger partial charge is 0.416 e. The highest BCUT2D eigenvalue weighted by Gasteiger charge is 2.39. The summed E-state index contributed by atoms with van der Waals surface area (Å²) in [5, 5.41) is -0.643. The highest BCUT2D eigenvalue weighted by Crippen LogP contribution is 2.40. The van der Waals surface area contributed by atoms with E-state index in [2.05, 4.69) is 16.5 Å². The second-order valence-electron chi connectivity index (χ2n) is 8.36. The first-order chi connectivity index (χ1) is 17.1. The minimum atomic E-state index is -5.08. The number of hydrogen-bond donors (Lipinski definition) is 1. The summed E-state index contributed by atoms with van der Waals surface area (Å²) in [5.41, 5.74) is 1.48. The molecule has 1 aliphatic rings. The van der Waals surface area contributed by atoms with Crippen LogP contribution in [0.3, 0.4) is 0 Å². The van der Waals surface area contributed by atoms with Gasteiger partial charge in [-0.25, -0.2) is 18.4 Å². The van der Waals surface area contributed by atoms with Crippen LogP contribution in [0.1, 0.15) is 29.5 Å². The predicted octanol–water partition coefficient (Wildman–Crippen LogP) is 5.28. The number of sulfone groups is 1. The molecule has 0 aliphatic heterocycles. The second-order valence-corrected chi connectivity index (χ2v) is 10.6. The van der Waals surface area contributed by atoms with Crippen molar-refractivity contribution < 1.29 is 39.6 Å². The summed E-state index contributed by atoms with van der Waals surface area (Å²) >= 11 is 0. The van der Waals surface area contributed by atoms with Crippen LogP contribution in [0.25, 0.3) is 28.2 Å². The van der Waals surface area contributed by atoms with E-state index in [1.165, 1.54) is 24.3 Å². The highest BCUT2D eigenvalue weighted by atomic mass is 32.2. The van der Waals surface area contributed by atoms with Gasteiger partial charge in [-0.1, -0.05) is 12.6 Å². The number of primary amides is 1. The molecule has 0 bridgehead atoms. The summed E-state index contributed by atoms with van der Waals surface area (Å²) in [6.45, 7) is 3.56. The number of nitrogens with two attached hydrogens (primary N) is 1. The number of carbonyl (C=O) groups is 1. The van der Waals surface area contributed by atoms with Gasteiger partial charge in [-0.15, -0.1) is 0 Å². The standard InChI is InChI=1S/C24H17F6N3O3S/c1-12(21(31)34)13-2-5-20(37(35,36)17-3-4-17)18(10-13)19-6-7-32-22(33-19)14-8-15(23(25,26)27)11-16(9-14)24(28,29)30/h2,5-11,17H,1,3-4H2,(H2,31,34). The normalized spacial score (nSPS) is 14.4. The summed E-state index contributed by atoms with van der Waals surface area (Å²) in [5.74, 6) is -1.38. The Hall–Kier alpha value is -3.74. The van der Waals surface area contributed by atoms with Crippen LogP contribution in [-0.4, -0.2) is 29.5 Å². The Morgan fingerprint density at radius 1 is 0.946 bits per heavy atom. The zero-order chi connectivity index (χ0) is 27.3. The van der Waals surface area contributed by atoms with Crippen molar-refractivity contribution in [3.63, 3.8) is 0 Å². The van der Waals surface area contributed by atoms with Crippen LogP contribution in [0, 0.1) is 0 Å². The van der Waals surface area contributed by atoms with Crippen molar-refractivity contribution in [2.24, 2.45) is 5.73 Å². The quantitative estimate of drug-likeness (QED) is 0.338. The van der Waals surface area contributed by atoms with E-state index in [0.717, 1.165) is 6.20 Å². The Kier molecular flexibility index (Phi) is 6.39. The zero-order valence-electron chi connectivity index (χ0n) is 18.7. The minimum Gasteiger partial charge on any atom is -0.366 e. The lowest BCUT2D eigenvalue weighted by Crippen LogP contribution is -2.13. The number of halogens is 6. The maximum Gasteiger partial charge on any atom is 0.416 e. The van der Waals surface area contributed by atoms with E-state index in [1.54, 1.807) is 0 Å². The Morgan fingerprint density at radius 3 is 2.05 bits per heavy atom. The van der Waals surface area contributed by atoms with Gasteiger partial charge in [0.05, 0.1) is 27.0 Å². The maximum atomic E-state index is 13.3. The van der Waals surface area contributed by atoms with Crippen LogP contribution >= 0.6 is 0 Å². The Bertz CT molecular complexity index is 1500. The van der Waals surface area contributed by atoms with Crippen molar-refractivity contribution in [3.05, 3.63) is 71.9 Å². The number of aromatic nitrogens is 2. The van der Waals surface area contributed by atoms with Crippen LogP contribution < -0.4 is 5.73 Å². The van der Waals surface area contributed by atoms with Gasteiger partial charge in [0.2, 0.25) is 5.91 Å². The van der Waals surface area contributed by atoms with Gasteiger partial charge in [-0.3, -0.25) is 4.79 Å². The third-order valence-electron chi connectivity index (χ3n) is 5.67. The van der Waals surface area contributed by atoms with Crippen LogP contribution in [0.5, 0.6) is 0 Å². The molecule has 1 fully saturated rings. The van der Waals surface area contributed by atoms with E-state index < -0.39 is 55.9 Å². The van der Waals surface area contributed by atoms with E-state index >= 15 is 0 Å². The monoisotopic (exact) mass is 541 g/mol. The van der Waals surface area contributed by atoms with E-state index in [0.29, 0.717) is 25.0 Å². The van der Waals surface area contributed by atoms with E-state index in [4.69, 9.17) is 5.73 Å². The Morgan fingerprint density at radius 2 is 1.54 bits per heavy atom. The molecule has 4 rings (SSSR count). The van der Waals surface area contributed by atoms with Gasteiger partial charge < -0.3 is 5.73 Å². The molecule has 0 saturated heterocycles. The molecule has 2 N–H and O–H groups in total. The molecule has 37 heavy (non-hydrogen) atoms. The van der Waals surface area contributed by atoms with Gasteiger partial charge in [0.15, 0.2) is 15.7 Å². The summed E-state index contributed by atoms with van der Waals surface area (Å²) in [7, 11) is -3.84. The number of carbonyl (C=O) groups excluding carboxylic acids is 1. The molecule has 0 spiro atoms. The molecule has 0 unspecified atom stereocenters.